The lowest BCUT2D eigenvalue weighted by atomic mass is 9.90. The zero-order valence-corrected chi connectivity index (χ0v) is 19.5. The SMILES string of the molecule is Cc1cc([Si](C)(C)Cc2ccccc2)c(C)c2c1CCN(Cc1ccccc1)C2=O. The molecule has 0 N–H and O–H groups in total. The molecule has 0 saturated carbocycles. The first-order chi connectivity index (χ1) is 14.4. The summed E-state index contributed by atoms with van der Waals surface area (Å²) in [6, 6.07) is 24.6. The van der Waals surface area contributed by atoms with Gasteiger partial charge in [-0.15, -0.1) is 0 Å². The van der Waals surface area contributed by atoms with E-state index >= 15 is 0 Å². The van der Waals surface area contributed by atoms with Crippen LogP contribution in [0.3, 0.4) is 0 Å². The normalized spacial score (nSPS) is 14.0. The Hall–Kier alpha value is -2.65. The first-order valence-electron chi connectivity index (χ1n) is 10.9. The predicted molar refractivity (Wildman–Crippen MR) is 128 cm³/mol. The lowest BCUT2D eigenvalue weighted by molar-refractivity contribution is 0.0726. The number of rotatable bonds is 5. The van der Waals surface area contributed by atoms with Crippen LogP contribution < -0.4 is 5.19 Å². The summed E-state index contributed by atoms with van der Waals surface area (Å²) in [6.45, 7) is 10.7. The molecule has 0 radical (unpaired) electrons. The Kier molecular flexibility index (Phi) is 5.66. The molecule has 1 aliphatic heterocycles. The van der Waals surface area contributed by atoms with Gasteiger partial charge in [0.2, 0.25) is 0 Å². The molecule has 0 saturated heterocycles. The number of carbonyl (C=O) groups is 1. The molecule has 0 aliphatic carbocycles. The number of fused-ring (bicyclic) bond motifs is 1. The van der Waals surface area contributed by atoms with Gasteiger partial charge in [0.15, 0.2) is 0 Å². The highest BCUT2D eigenvalue weighted by Crippen LogP contribution is 2.28. The maximum absolute atomic E-state index is 13.6. The summed E-state index contributed by atoms with van der Waals surface area (Å²) >= 11 is 0. The molecule has 3 aromatic carbocycles. The molecule has 1 amide bonds. The van der Waals surface area contributed by atoms with Gasteiger partial charge >= 0.3 is 0 Å². The van der Waals surface area contributed by atoms with E-state index in [2.05, 4.69) is 75.5 Å². The van der Waals surface area contributed by atoms with Crippen LogP contribution >= 0.6 is 0 Å². The number of nitrogens with zero attached hydrogens (tertiary/aromatic N) is 1. The van der Waals surface area contributed by atoms with Crippen molar-refractivity contribution < 1.29 is 4.79 Å². The Bertz CT molecular complexity index is 1060. The average molecular weight is 414 g/mol. The molecule has 0 spiro atoms. The van der Waals surface area contributed by atoms with Crippen molar-refractivity contribution in [2.75, 3.05) is 6.54 Å². The molecule has 0 aromatic heterocycles. The monoisotopic (exact) mass is 413 g/mol. The largest absolute Gasteiger partial charge is 0.334 e. The van der Waals surface area contributed by atoms with E-state index in [4.69, 9.17) is 0 Å². The Morgan fingerprint density at radius 1 is 0.900 bits per heavy atom. The minimum Gasteiger partial charge on any atom is -0.334 e. The van der Waals surface area contributed by atoms with Gasteiger partial charge in [-0.2, -0.15) is 0 Å². The summed E-state index contributed by atoms with van der Waals surface area (Å²) in [4.78, 5) is 15.6. The van der Waals surface area contributed by atoms with Crippen molar-refractivity contribution in [3.63, 3.8) is 0 Å². The molecule has 0 fully saturated rings. The molecule has 0 atom stereocenters. The number of hydrogen-bond acceptors (Lipinski definition) is 1. The van der Waals surface area contributed by atoms with Crippen LogP contribution in [0, 0.1) is 13.8 Å². The Morgan fingerprint density at radius 3 is 2.13 bits per heavy atom. The lowest BCUT2D eigenvalue weighted by Crippen LogP contribution is -2.48. The summed E-state index contributed by atoms with van der Waals surface area (Å²) in [5.74, 6) is 0.201. The minimum atomic E-state index is -1.75. The van der Waals surface area contributed by atoms with Gasteiger partial charge in [-0.3, -0.25) is 4.79 Å². The zero-order chi connectivity index (χ0) is 21.3. The van der Waals surface area contributed by atoms with E-state index in [1.54, 1.807) is 0 Å². The van der Waals surface area contributed by atoms with Crippen LogP contribution in [0.25, 0.3) is 0 Å². The maximum atomic E-state index is 13.6. The Balaban J connectivity index is 1.70. The van der Waals surface area contributed by atoms with Crippen molar-refractivity contribution >= 4 is 19.2 Å². The van der Waals surface area contributed by atoms with E-state index in [0.717, 1.165) is 24.6 Å². The van der Waals surface area contributed by atoms with Crippen LogP contribution in [0.5, 0.6) is 0 Å². The fourth-order valence-corrected chi connectivity index (χ4v) is 8.14. The molecule has 1 heterocycles. The average Bonchev–Trinajstić information content (AvgIpc) is 2.73. The highest BCUT2D eigenvalue weighted by Gasteiger charge is 2.33. The van der Waals surface area contributed by atoms with Crippen molar-refractivity contribution in [2.45, 2.75) is 46.0 Å². The molecular weight excluding hydrogens is 382 g/mol. The number of carbonyl (C=O) groups excluding carboxylic acids is 1. The molecule has 0 unspecified atom stereocenters. The smallest absolute Gasteiger partial charge is 0.254 e. The summed E-state index contributed by atoms with van der Waals surface area (Å²) in [5.41, 5.74) is 7.31. The van der Waals surface area contributed by atoms with Crippen molar-refractivity contribution in [1.82, 2.24) is 4.90 Å². The van der Waals surface area contributed by atoms with E-state index < -0.39 is 8.07 Å². The molecule has 1 aliphatic rings. The number of aryl methyl sites for hydroxylation is 1. The second kappa shape index (κ2) is 8.23. The summed E-state index contributed by atoms with van der Waals surface area (Å²) in [5, 5.41) is 1.43. The van der Waals surface area contributed by atoms with E-state index in [1.807, 2.05) is 23.1 Å². The van der Waals surface area contributed by atoms with Gasteiger partial charge < -0.3 is 4.90 Å². The summed E-state index contributed by atoms with van der Waals surface area (Å²) in [7, 11) is -1.75. The van der Waals surface area contributed by atoms with Crippen molar-refractivity contribution in [2.24, 2.45) is 0 Å². The quantitative estimate of drug-likeness (QED) is 0.527. The van der Waals surface area contributed by atoms with E-state index in [-0.39, 0.29) is 5.91 Å². The van der Waals surface area contributed by atoms with Gasteiger partial charge in [-0.05, 0) is 48.6 Å². The van der Waals surface area contributed by atoms with Crippen LogP contribution in [-0.2, 0) is 19.0 Å². The first kappa shape index (κ1) is 20.6. The number of hydrogen-bond donors (Lipinski definition) is 0. The lowest BCUT2D eigenvalue weighted by Gasteiger charge is -2.34. The highest BCUT2D eigenvalue weighted by atomic mass is 28.3. The zero-order valence-electron chi connectivity index (χ0n) is 18.5. The molecule has 154 valence electrons. The molecule has 2 nitrogen and oxygen atoms in total. The fraction of sp³-hybridized carbons (Fsp3) is 0.296. The van der Waals surface area contributed by atoms with Crippen LogP contribution in [0.4, 0.5) is 0 Å². The minimum absolute atomic E-state index is 0.201. The van der Waals surface area contributed by atoms with E-state index in [1.165, 1.54) is 33.0 Å². The first-order valence-corrected chi connectivity index (χ1v) is 14.1. The third kappa shape index (κ3) is 3.99. The highest BCUT2D eigenvalue weighted by molar-refractivity contribution is 6.89. The summed E-state index contributed by atoms with van der Waals surface area (Å²) < 4.78 is 0. The topological polar surface area (TPSA) is 20.3 Å². The Morgan fingerprint density at radius 2 is 1.50 bits per heavy atom. The standard InChI is InChI=1S/C27H31NOSi/c1-20-17-25(30(3,4)19-23-13-9-6-10-14-23)21(2)26-24(20)15-16-28(27(26)29)18-22-11-7-5-8-12-22/h5-14,17H,15-16,18-19H2,1-4H3. The van der Waals surface area contributed by atoms with Crippen molar-refractivity contribution in [1.29, 1.82) is 0 Å². The second-order valence-electron chi connectivity index (χ2n) is 9.23. The van der Waals surface area contributed by atoms with Crippen LogP contribution in [0.15, 0.2) is 66.7 Å². The predicted octanol–water partition coefficient (Wildman–Crippen LogP) is 5.20. The van der Waals surface area contributed by atoms with Crippen LogP contribution in [0.1, 0.15) is 38.2 Å². The molecule has 3 heteroatoms. The molecule has 3 aromatic rings. The van der Waals surface area contributed by atoms with Crippen molar-refractivity contribution in [3.8, 4) is 0 Å². The number of amides is 1. The van der Waals surface area contributed by atoms with Gasteiger partial charge in [0.25, 0.3) is 5.91 Å². The van der Waals surface area contributed by atoms with Gasteiger partial charge in [0.1, 0.15) is 0 Å². The van der Waals surface area contributed by atoms with E-state index in [0.29, 0.717) is 6.54 Å². The molecule has 4 rings (SSSR count). The van der Waals surface area contributed by atoms with Crippen molar-refractivity contribution in [3.05, 3.63) is 100 Å². The van der Waals surface area contributed by atoms with Crippen LogP contribution in [0.2, 0.25) is 13.1 Å². The maximum Gasteiger partial charge on any atom is 0.254 e. The molecule has 0 bridgehead atoms. The Labute approximate surface area is 181 Å². The molecule has 30 heavy (non-hydrogen) atoms. The van der Waals surface area contributed by atoms with Gasteiger partial charge in [0.05, 0.1) is 8.07 Å². The van der Waals surface area contributed by atoms with Gasteiger partial charge in [-0.25, -0.2) is 0 Å². The van der Waals surface area contributed by atoms with Crippen LogP contribution in [-0.4, -0.2) is 25.4 Å². The summed E-state index contributed by atoms with van der Waals surface area (Å²) in [6.07, 6.45) is 0.946. The molecular formula is C27H31NOSi. The second-order valence-corrected chi connectivity index (χ2v) is 13.9. The third-order valence-electron chi connectivity index (χ3n) is 6.48. The van der Waals surface area contributed by atoms with Gasteiger partial charge in [-0.1, -0.05) is 90.6 Å². The third-order valence-corrected chi connectivity index (χ3v) is 9.75. The van der Waals surface area contributed by atoms with Gasteiger partial charge in [0, 0.05) is 18.7 Å². The van der Waals surface area contributed by atoms with E-state index in [9.17, 15) is 4.79 Å². The number of benzene rings is 3. The fourth-order valence-electron chi connectivity index (χ4n) is 4.95.